The van der Waals surface area contributed by atoms with Crippen molar-refractivity contribution in [3.63, 3.8) is 0 Å². The van der Waals surface area contributed by atoms with Crippen LogP contribution < -0.4 is 10.2 Å². The van der Waals surface area contributed by atoms with E-state index in [0.29, 0.717) is 18.7 Å². The van der Waals surface area contributed by atoms with Crippen LogP contribution in [0.5, 0.6) is 0 Å². The van der Waals surface area contributed by atoms with Gasteiger partial charge in [-0.3, -0.25) is 9.59 Å². The smallest absolute Gasteiger partial charge is 0.251 e. The summed E-state index contributed by atoms with van der Waals surface area (Å²) in [5.41, 5.74) is 3.73. The van der Waals surface area contributed by atoms with E-state index in [2.05, 4.69) is 38.2 Å². The van der Waals surface area contributed by atoms with Crippen LogP contribution in [0.2, 0.25) is 0 Å². The summed E-state index contributed by atoms with van der Waals surface area (Å²) in [5, 5.41) is 2.90. The zero-order valence-electron chi connectivity index (χ0n) is 16.3. The molecule has 138 valence electrons. The van der Waals surface area contributed by atoms with Gasteiger partial charge in [-0.15, -0.1) is 0 Å². The Labute approximate surface area is 156 Å². The number of benzene rings is 2. The molecule has 0 unspecified atom stereocenters. The Bertz CT molecular complexity index is 773. The van der Waals surface area contributed by atoms with Crippen LogP contribution in [0.15, 0.2) is 48.5 Å². The first-order chi connectivity index (χ1) is 12.2. The minimum Gasteiger partial charge on any atom is -0.350 e. The fourth-order valence-corrected chi connectivity index (χ4v) is 2.81. The maximum Gasteiger partial charge on any atom is 0.251 e. The monoisotopic (exact) mass is 352 g/mol. The lowest BCUT2D eigenvalue weighted by molar-refractivity contribution is -0.116. The van der Waals surface area contributed by atoms with Gasteiger partial charge in [0, 0.05) is 31.3 Å². The molecule has 0 heterocycles. The fraction of sp³-hybridized carbons (Fsp3) is 0.364. The number of hydrogen-bond donors (Lipinski definition) is 1. The minimum absolute atomic E-state index is 0.0429. The van der Waals surface area contributed by atoms with Crippen molar-refractivity contribution >= 4 is 17.5 Å². The Hall–Kier alpha value is -2.62. The molecule has 0 atom stereocenters. The summed E-state index contributed by atoms with van der Waals surface area (Å²) in [6.45, 7) is 10.8. The highest BCUT2D eigenvalue weighted by molar-refractivity contribution is 5.96. The number of hydrogen-bond acceptors (Lipinski definition) is 2. The molecule has 2 amide bonds. The number of carbonyl (C=O) groups excluding carboxylic acids is 2. The summed E-state index contributed by atoms with van der Waals surface area (Å²) >= 11 is 0. The Morgan fingerprint density at radius 1 is 1.00 bits per heavy atom. The van der Waals surface area contributed by atoms with E-state index in [1.807, 2.05) is 37.3 Å². The van der Waals surface area contributed by atoms with E-state index in [4.69, 9.17) is 0 Å². The van der Waals surface area contributed by atoms with Crippen LogP contribution in [0.4, 0.5) is 5.69 Å². The van der Waals surface area contributed by atoms with Gasteiger partial charge >= 0.3 is 0 Å². The predicted molar refractivity (Wildman–Crippen MR) is 107 cm³/mol. The second kappa shape index (κ2) is 8.17. The average molecular weight is 352 g/mol. The molecular weight excluding hydrogens is 324 g/mol. The van der Waals surface area contributed by atoms with Crippen molar-refractivity contribution in [3.8, 4) is 0 Å². The molecular formula is C22H28N2O2. The minimum atomic E-state index is -0.116. The van der Waals surface area contributed by atoms with Gasteiger partial charge in [0.15, 0.2) is 0 Å². The predicted octanol–water partition coefficient (Wildman–Crippen LogP) is 4.08. The van der Waals surface area contributed by atoms with E-state index in [9.17, 15) is 9.59 Å². The highest BCUT2D eigenvalue weighted by Gasteiger charge is 2.16. The van der Waals surface area contributed by atoms with Gasteiger partial charge < -0.3 is 10.2 Å². The molecule has 4 heteroatoms. The molecule has 0 bridgehead atoms. The average Bonchev–Trinajstić information content (AvgIpc) is 2.58. The molecule has 0 fully saturated rings. The van der Waals surface area contributed by atoms with Crippen molar-refractivity contribution in [1.29, 1.82) is 0 Å². The molecule has 0 spiro atoms. The van der Waals surface area contributed by atoms with Gasteiger partial charge in [-0.25, -0.2) is 0 Å². The van der Waals surface area contributed by atoms with E-state index in [-0.39, 0.29) is 17.2 Å². The second-order valence-electron chi connectivity index (χ2n) is 7.54. The van der Waals surface area contributed by atoms with Crippen LogP contribution in [0, 0.1) is 6.92 Å². The summed E-state index contributed by atoms with van der Waals surface area (Å²) in [4.78, 5) is 26.0. The quantitative estimate of drug-likeness (QED) is 0.882. The molecule has 0 radical (unpaired) electrons. The second-order valence-corrected chi connectivity index (χ2v) is 7.54. The van der Waals surface area contributed by atoms with Crippen LogP contribution in [0.1, 0.15) is 49.2 Å². The van der Waals surface area contributed by atoms with Crippen molar-refractivity contribution in [2.45, 2.75) is 40.0 Å². The van der Waals surface area contributed by atoms with Crippen molar-refractivity contribution in [2.24, 2.45) is 0 Å². The number of amides is 2. The third-order valence-electron chi connectivity index (χ3n) is 4.44. The van der Waals surface area contributed by atoms with Gasteiger partial charge in [0.1, 0.15) is 0 Å². The standard InChI is InChI=1S/C22H28N2O2/c1-16-8-6-7-9-20(16)21(26)23-14-15-24(17(2)25)19-12-10-18(11-13-19)22(3,4)5/h6-13H,14-15H2,1-5H3,(H,23,26). The molecule has 0 aliphatic rings. The first kappa shape index (κ1) is 19.7. The molecule has 4 nitrogen and oxygen atoms in total. The van der Waals surface area contributed by atoms with E-state index in [0.717, 1.165) is 11.3 Å². The van der Waals surface area contributed by atoms with Crippen LogP contribution in [-0.2, 0) is 10.2 Å². The highest BCUT2D eigenvalue weighted by atomic mass is 16.2. The third-order valence-corrected chi connectivity index (χ3v) is 4.44. The summed E-state index contributed by atoms with van der Waals surface area (Å²) in [6, 6.07) is 15.5. The van der Waals surface area contributed by atoms with Gasteiger partial charge in [-0.05, 0) is 41.7 Å². The molecule has 0 aromatic heterocycles. The van der Waals surface area contributed by atoms with Crippen molar-refractivity contribution in [2.75, 3.05) is 18.0 Å². The van der Waals surface area contributed by atoms with Crippen molar-refractivity contribution in [1.82, 2.24) is 5.32 Å². The topological polar surface area (TPSA) is 49.4 Å². The first-order valence-corrected chi connectivity index (χ1v) is 8.92. The SMILES string of the molecule is CC(=O)N(CCNC(=O)c1ccccc1C)c1ccc(C(C)(C)C)cc1. The van der Waals surface area contributed by atoms with Gasteiger partial charge in [-0.2, -0.15) is 0 Å². The molecule has 2 rings (SSSR count). The summed E-state index contributed by atoms with van der Waals surface area (Å²) in [5.74, 6) is -0.159. The number of carbonyl (C=O) groups is 2. The maximum absolute atomic E-state index is 12.3. The zero-order chi connectivity index (χ0) is 19.3. The first-order valence-electron chi connectivity index (χ1n) is 8.92. The van der Waals surface area contributed by atoms with E-state index in [1.165, 1.54) is 5.56 Å². The molecule has 2 aromatic carbocycles. The molecule has 0 aliphatic carbocycles. The molecule has 1 N–H and O–H groups in total. The van der Waals surface area contributed by atoms with Gasteiger partial charge in [0.2, 0.25) is 5.91 Å². The van der Waals surface area contributed by atoms with Crippen molar-refractivity contribution < 1.29 is 9.59 Å². The number of nitrogens with one attached hydrogen (secondary N) is 1. The fourth-order valence-electron chi connectivity index (χ4n) is 2.81. The number of aryl methyl sites for hydroxylation is 1. The summed E-state index contributed by atoms with van der Waals surface area (Å²) in [6.07, 6.45) is 0. The lowest BCUT2D eigenvalue weighted by Gasteiger charge is -2.24. The Morgan fingerprint density at radius 2 is 1.62 bits per heavy atom. The van der Waals surface area contributed by atoms with Crippen LogP contribution in [-0.4, -0.2) is 24.9 Å². The normalized spacial score (nSPS) is 11.1. The van der Waals surface area contributed by atoms with Gasteiger partial charge in [0.25, 0.3) is 5.91 Å². The molecule has 2 aromatic rings. The van der Waals surface area contributed by atoms with Crippen LogP contribution in [0.3, 0.4) is 0 Å². The highest BCUT2D eigenvalue weighted by Crippen LogP contribution is 2.25. The maximum atomic E-state index is 12.3. The van der Waals surface area contributed by atoms with Gasteiger partial charge in [-0.1, -0.05) is 51.1 Å². The molecule has 0 saturated heterocycles. The summed E-state index contributed by atoms with van der Waals surface area (Å²) in [7, 11) is 0. The van der Waals surface area contributed by atoms with E-state index in [1.54, 1.807) is 17.9 Å². The zero-order valence-corrected chi connectivity index (χ0v) is 16.3. The van der Waals surface area contributed by atoms with Crippen molar-refractivity contribution in [3.05, 3.63) is 65.2 Å². The number of anilines is 1. The van der Waals surface area contributed by atoms with Crippen LogP contribution in [0.25, 0.3) is 0 Å². The van der Waals surface area contributed by atoms with E-state index >= 15 is 0 Å². The number of nitrogens with zero attached hydrogens (tertiary/aromatic N) is 1. The Kier molecular flexibility index (Phi) is 6.19. The number of rotatable bonds is 5. The van der Waals surface area contributed by atoms with Crippen LogP contribution >= 0.6 is 0 Å². The Morgan fingerprint density at radius 3 is 2.15 bits per heavy atom. The van der Waals surface area contributed by atoms with Gasteiger partial charge in [0.05, 0.1) is 0 Å². The lowest BCUT2D eigenvalue weighted by atomic mass is 9.87. The molecule has 26 heavy (non-hydrogen) atoms. The molecule has 0 aliphatic heterocycles. The third kappa shape index (κ3) is 4.94. The largest absolute Gasteiger partial charge is 0.350 e. The van der Waals surface area contributed by atoms with E-state index < -0.39 is 0 Å². The Balaban J connectivity index is 2.02. The lowest BCUT2D eigenvalue weighted by Crippen LogP contribution is -2.37. The molecule has 0 saturated carbocycles. The summed E-state index contributed by atoms with van der Waals surface area (Å²) < 4.78 is 0.